The molecule has 6 heteroatoms. The zero-order chi connectivity index (χ0) is 14.7. The van der Waals surface area contributed by atoms with Gasteiger partial charge in [0.2, 0.25) is 0 Å². The van der Waals surface area contributed by atoms with Gasteiger partial charge >= 0.3 is 5.97 Å². The van der Waals surface area contributed by atoms with Crippen LogP contribution in [-0.4, -0.2) is 5.97 Å². The molecule has 2 rings (SSSR count). The fraction of sp³-hybridized carbons (Fsp3) is 0.0714. The maximum atomic E-state index is 13.4. The van der Waals surface area contributed by atoms with Gasteiger partial charge in [-0.15, -0.1) is 0 Å². The lowest BCUT2D eigenvalue weighted by molar-refractivity contribution is 0.0468. The summed E-state index contributed by atoms with van der Waals surface area (Å²) >= 11 is 3.20. The first-order chi connectivity index (χ1) is 9.49. The molecule has 0 saturated carbocycles. The van der Waals surface area contributed by atoms with Gasteiger partial charge in [0.1, 0.15) is 6.61 Å². The highest BCUT2D eigenvalue weighted by Crippen LogP contribution is 2.21. The van der Waals surface area contributed by atoms with Gasteiger partial charge in [-0.25, -0.2) is 13.6 Å². The number of rotatable bonds is 3. The predicted octanol–water partition coefficient (Wildman–Crippen LogP) is 3.67. The van der Waals surface area contributed by atoms with E-state index in [1.807, 2.05) is 0 Å². The summed E-state index contributed by atoms with van der Waals surface area (Å²) in [5.41, 5.74) is 6.24. The molecule has 0 aliphatic carbocycles. The van der Waals surface area contributed by atoms with Crippen molar-refractivity contribution in [1.82, 2.24) is 0 Å². The molecule has 0 bridgehead atoms. The van der Waals surface area contributed by atoms with Crippen molar-refractivity contribution < 1.29 is 18.3 Å². The van der Waals surface area contributed by atoms with E-state index in [1.54, 1.807) is 6.07 Å². The molecule has 0 fully saturated rings. The average molecular weight is 342 g/mol. The highest BCUT2D eigenvalue weighted by atomic mass is 79.9. The number of hydrogen-bond acceptors (Lipinski definition) is 3. The van der Waals surface area contributed by atoms with E-state index in [0.717, 1.165) is 6.07 Å². The Morgan fingerprint density at radius 3 is 2.70 bits per heavy atom. The molecule has 0 spiro atoms. The van der Waals surface area contributed by atoms with E-state index in [1.165, 1.54) is 24.3 Å². The van der Waals surface area contributed by atoms with Crippen molar-refractivity contribution in [3.63, 3.8) is 0 Å². The second-order valence-electron chi connectivity index (χ2n) is 4.03. The maximum absolute atomic E-state index is 13.4. The van der Waals surface area contributed by atoms with Crippen LogP contribution in [0.3, 0.4) is 0 Å². The minimum absolute atomic E-state index is 0.0246. The largest absolute Gasteiger partial charge is 0.457 e. The third kappa shape index (κ3) is 3.14. The summed E-state index contributed by atoms with van der Waals surface area (Å²) in [5, 5.41) is 0. The molecule has 0 aliphatic rings. The number of nitrogens with two attached hydrogens (primary N) is 1. The molecule has 104 valence electrons. The molecule has 2 aromatic carbocycles. The Labute approximate surface area is 122 Å². The van der Waals surface area contributed by atoms with Crippen molar-refractivity contribution in [1.29, 1.82) is 0 Å². The fourth-order valence-electron chi connectivity index (χ4n) is 1.56. The minimum atomic E-state index is -1.02. The summed E-state index contributed by atoms with van der Waals surface area (Å²) in [4.78, 5) is 11.8. The SMILES string of the molecule is Nc1cc(C(=O)OCc2cccc(F)c2F)ccc1Br. The van der Waals surface area contributed by atoms with Crippen LogP contribution in [0.2, 0.25) is 0 Å². The van der Waals surface area contributed by atoms with Crippen molar-refractivity contribution in [3.8, 4) is 0 Å². The van der Waals surface area contributed by atoms with Gasteiger partial charge in [0.05, 0.1) is 5.56 Å². The number of halogens is 3. The number of ether oxygens (including phenoxy) is 1. The van der Waals surface area contributed by atoms with Gasteiger partial charge in [0.25, 0.3) is 0 Å². The topological polar surface area (TPSA) is 52.3 Å². The molecular weight excluding hydrogens is 332 g/mol. The zero-order valence-corrected chi connectivity index (χ0v) is 11.8. The van der Waals surface area contributed by atoms with Crippen LogP contribution >= 0.6 is 15.9 Å². The van der Waals surface area contributed by atoms with E-state index in [-0.39, 0.29) is 17.7 Å². The summed E-state index contributed by atoms with van der Waals surface area (Å²) in [7, 11) is 0. The number of benzene rings is 2. The number of nitrogen functional groups attached to an aromatic ring is 1. The number of carbonyl (C=O) groups is 1. The summed E-state index contributed by atoms with van der Waals surface area (Å²) in [6.07, 6.45) is 0. The number of hydrogen-bond donors (Lipinski definition) is 1. The Morgan fingerprint density at radius 1 is 1.25 bits per heavy atom. The van der Waals surface area contributed by atoms with Crippen molar-refractivity contribution in [2.75, 3.05) is 5.73 Å². The molecule has 20 heavy (non-hydrogen) atoms. The minimum Gasteiger partial charge on any atom is -0.457 e. The van der Waals surface area contributed by atoms with Gasteiger partial charge in [0.15, 0.2) is 11.6 Å². The average Bonchev–Trinajstić information content (AvgIpc) is 2.43. The zero-order valence-electron chi connectivity index (χ0n) is 10.2. The smallest absolute Gasteiger partial charge is 0.338 e. The summed E-state index contributed by atoms with van der Waals surface area (Å²) in [6, 6.07) is 8.25. The van der Waals surface area contributed by atoms with E-state index in [4.69, 9.17) is 10.5 Å². The molecule has 0 atom stereocenters. The molecule has 0 unspecified atom stereocenters. The van der Waals surface area contributed by atoms with Crippen LogP contribution in [0.15, 0.2) is 40.9 Å². The van der Waals surface area contributed by atoms with Gasteiger partial charge < -0.3 is 10.5 Å². The normalized spacial score (nSPS) is 10.3. The van der Waals surface area contributed by atoms with Crippen LogP contribution in [0.4, 0.5) is 14.5 Å². The van der Waals surface area contributed by atoms with Crippen LogP contribution in [0.5, 0.6) is 0 Å². The van der Waals surface area contributed by atoms with Crippen LogP contribution in [0.1, 0.15) is 15.9 Å². The van der Waals surface area contributed by atoms with Gasteiger partial charge in [-0.3, -0.25) is 0 Å². The first-order valence-corrected chi connectivity index (χ1v) is 6.43. The molecule has 0 saturated heterocycles. The van der Waals surface area contributed by atoms with Crippen molar-refractivity contribution in [3.05, 3.63) is 63.6 Å². The van der Waals surface area contributed by atoms with E-state index in [9.17, 15) is 13.6 Å². The van der Waals surface area contributed by atoms with Gasteiger partial charge in [-0.1, -0.05) is 12.1 Å². The Hall–Kier alpha value is -1.95. The third-order valence-electron chi connectivity index (χ3n) is 2.62. The third-order valence-corrected chi connectivity index (χ3v) is 3.34. The van der Waals surface area contributed by atoms with Crippen molar-refractivity contribution in [2.45, 2.75) is 6.61 Å². The first kappa shape index (κ1) is 14.5. The first-order valence-electron chi connectivity index (χ1n) is 5.64. The molecule has 2 aromatic rings. The maximum Gasteiger partial charge on any atom is 0.338 e. The monoisotopic (exact) mass is 341 g/mol. The van der Waals surface area contributed by atoms with Crippen LogP contribution in [0, 0.1) is 11.6 Å². The molecule has 0 aliphatic heterocycles. The van der Waals surface area contributed by atoms with Gasteiger partial charge in [-0.05, 0) is 40.2 Å². The lowest BCUT2D eigenvalue weighted by Gasteiger charge is -2.07. The van der Waals surface area contributed by atoms with Crippen LogP contribution < -0.4 is 5.73 Å². The lowest BCUT2D eigenvalue weighted by Crippen LogP contribution is -2.07. The number of esters is 1. The second kappa shape index (κ2) is 6.00. The second-order valence-corrected chi connectivity index (χ2v) is 4.88. The summed E-state index contributed by atoms with van der Waals surface area (Å²) in [6.45, 7) is -0.349. The van der Waals surface area contributed by atoms with E-state index >= 15 is 0 Å². The molecule has 0 amide bonds. The predicted molar refractivity (Wildman–Crippen MR) is 74.0 cm³/mol. The number of carbonyl (C=O) groups excluding carboxylic acids is 1. The summed E-state index contributed by atoms with van der Waals surface area (Å²) in [5.74, 6) is -2.66. The molecule has 2 N–H and O–H groups in total. The van der Waals surface area contributed by atoms with Gasteiger partial charge in [-0.2, -0.15) is 0 Å². The molecule has 0 heterocycles. The lowest BCUT2D eigenvalue weighted by atomic mass is 10.2. The van der Waals surface area contributed by atoms with E-state index in [2.05, 4.69) is 15.9 Å². The highest BCUT2D eigenvalue weighted by Gasteiger charge is 2.12. The van der Waals surface area contributed by atoms with Crippen LogP contribution in [-0.2, 0) is 11.3 Å². The highest BCUT2D eigenvalue weighted by molar-refractivity contribution is 9.10. The standard InChI is InChI=1S/C14H10BrF2NO2/c15-10-5-4-8(6-12(10)18)14(19)20-7-9-2-1-3-11(16)13(9)17/h1-6H,7,18H2. The van der Waals surface area contributed by atoms with Crippen molar-refractivity contribution >= 4 is 27.6 Å². The molecule has 0 radical (unpaired) electrons. The Bertz CT molecular complexity index is 662. The summed E-state index contributed by atoms with van der Waals surface area (Å²) < 4.78 is 32.0. The number of anilines is 1. The Kier molecular flexibility index (Phi) is 4.34. The molecular formula is C14H10BrF2NO2. The van der Waals surface area contributed by atoms with Crippen molar-refractivity contribution in [2.24, 2.45) is 0 Å². The van der Waals surface area contributed by atoms with E-state index in [0.29, 0.717) is 10.2 Å². The molecule has 0 aromatic heterocycles. The Morgan fingerprint density at radius 2 is 2.00 bits per heavy atom. The van der Waals surface area contributed by atoms with Crippen LogP contribution in [0.25, 0.3) is 0 Å². The quantitative estimate of drug-likeness (QED) is 0.684. The molecule has 3 nitrogen and oxygen atoms in total. The fourth-order valence-corrected chi connectivity index (χ4v) is 1.80. The van der Waals surface area contributed by atoms with E-state index < -0.39 is 17.6 Å². The Balaban J connectivity index is 2.08. The van der Waals surface area contributed by atoms with Gasteiger partial charge in [0, 0.05) is 15.7 Å².